The number of aromatic nitrogens is 1. The molecule has 0 aliphatic carbocycles. The first-order valence-corrected chi connectivity index (χ1v) is 7.84. The Hall–Kier alpha value is -2.76. The number of carbonyl (C=O) groups excluding carboxylic acids is 1. The lowest BCUT2D eigenvalue weighted by Crippen LogP contribution is -2.33. The van der Waals surface area contributed by atoms with Gasteiger partial charge in [-0.15, -0.1) is 0 Å². The van der Waals surface area contributed by atoms with Gasteiger partial charge >= 0.3 is 0 Å². The van der Waals surface area contributed by atoms with Crippen LogP contribution in [0.3, 0.4) is 0 Å². The Labute approximate surface area is 141 Å². The number of ether oxygens (including phenoxy) is 2. The summed E-state index contributed by atoms with van der Waals surface area (Å²) in [6, 6.07) is 9.05. The summed E-state index contributed by atoms with van der Waals surface area (Å²) in [5, 5.41) is 3.29. The average molecular weight is 327 g/mol. The summed E-state index contributed by atoms with van der Waals surface area (Å²) < 4.78 is 10.6. The van der Waals surface area contributed by atoms with Crippen molar-refractivity contribution < 1.29 is 14.3 Å². The minimum Gasteiger partial charge on any atom is -0.497 e. The van der Waals surface area contributed by atoms with Gasteiger partial charge in [-0.3, -0.25) is 9.78 Å². The fraction of sp³-hybridized carbons (Fsp3) is 0.333. The number of hydrogen-bond donors (Lipinski definition) is 1. The number of amides is 1. The van der Waals surface area contributed by atoms with Crippen molar-refractivity contribution in [2.24, 2.45) is 0 Å². The second-order valence-corrected chi connectivity index (χ2v) is 5.73. The van der Waals surface area contributed by atoms with Gasteiger partial charge in [-0.2, -0.15) is 0 Å². The maximum atomic E-state index is 12.8. The molecule has 3 rings (SSSR count). The lowest BCUT2D eigenvalue weighted by Gasteiger charge is -2.19. The lowest BCUT2D eigenvalue weighted by molar-refractivity contribution is -0.117. The van der Waals surface area contributed by atoms with E-state index >= 15 is 0 Å². The van der Waals surface area contributed by atoms with Gasteiger partial charge in [0.15, 0.2) is 0 Å². The second kappa shape index (κ2) is 6.78. The molecule has 0 radical (unpaired) electrons. The maximum Gasteiger partial charge on any atom is 0.249 e. The molecule has 0 spiro atoms. The van der Waals surface area contributed by atoms with Gasteiger partial charge in [-0.1, -0.05) is 0 Å². The highest BCUT2D eigenvalue weighted by Gasteiger charge is 2.33. The SMILES string of the molecule is COc1cc(OC)cc(N2CCC(Nc3ccnc(C)c3)C2=O)c1. The van der Waals surface area contributed by atoms with Crippen molar-refractivity contribution >= 4 is 17.3 Å². The molecule has 6 heteroatoms. The summed E-state index contributed by atoms with van der Waals surface area (Å²) in [5.41, 5.74) is 2.61. The van der Waals surface area contributed by atoms with Crippen LogP contribution in [0.4, 0.5) is 11.4 Å². The molecule has 1 atom stereocenters. The van der Waals surface area contributed by atoms with Crippen molar-refractivity contribution in [3.63, 3.8) is 0 Å². The van der Waals surface area contributed by atoms with Crippen molar-refractivity contribution in [3.8, 4) is 11.5 Å². The summed E-state index contributed by atoms with van der Waals surface area (Å²) >= 11 is 0. The number of aryl methyl sites for hydroxylation is 1. The fourth-order valence-corrected chi connectivity index (χ4v) is 2.86. The predicted molar refractivity (Wildman–Crippen MR) is 92.9 cm³/mol. The molecular formula is C18H21N3O3. The van der Waals surface area contributed by atoms with Gasteiger partial charge < -0.3 is 19.7 Å². The summed E-state index contributed by atoms with van der Waals surface area (Å²) in [6.07, 6.45) is 2.47. The molecule has 1 aliphatic heterocycles. The van der Waals surface area contributed by atoms with Gasteiger partial charge in [0.1, 0.15) is 17.5 Å². The molecule has 6 nitrogen and oxygen atoms in total. The van der Waals surface area contributed by atoms with Crippen molar-refractivity contribution in [2.45, 2.75) is 19.4 Å². The van der Waals surface area contributed by atoms with E-state index in [2.05, 4.69) is 10.3 Å². The van der Waals surface area contributed by atoms with Crippen molar-refractivity contribution in [2.75, 3.05) is 31.0 Å². The van der Waals surface area contributed by atoms with E-state index in [1.54, 1.807) is 31.4 Å². The van der Waals surface area contributed by atoms with Crippen LogP contribution in [0.25, 0.3) is 0 Å². The Balaban J connectivity index is 1.79. The topological polar surface area (TPSA) is 63.7 Å². The third-order valence-electron chi connectivity index (χ3n) is 4.09. The van der Waals surface area contributed by atoms with E-state index in [-0.39, 0.29) is 11.9 Å². The van der Waals surface area contributed by atoms with Crippen LogP contribution < -0.4 is 19.7 Å². The van der Waals surface area contributed by atoms with E-state index in [1.165, 1.54) is 0 Å². The second-order valence-electron chi connectivity index (χ2n) is 5.73. The van der Waals surface area contributed by atoms with Crippen molar-refractivity contribution in [1.82, 2.24) is 4.98 Å². The highest BCUT2D eigenvalue weighted by atomic mass is 16.5. The molecule has 1 saturated heterocycles. The van der Waals surface area contributed by atoms with Crippen LogP contribution in [0.2, 0.25) is 0 Å². The summed E-state index contributed by atoms with van der Waals surface area (Å²) in [5.74, 6) is 1.37. The Morgan fingerprint density at radius 1 is 1.17 bits per heavy atom. The maximum absolute atomic E-state index is 12.8. The minimum absolute atomic E-state index is 0.0415. The number of rotatable bonds is 5. The van der Waals surface area contributed by atoms with Crippen molar-refractivity contribution in [3.05, 3.63) is 42.2 Å². The third-order valence-corrected chi connectivity index (χ3v) is 4.09. The van der Waals surface area contributed by atoms with Crippen LogP contribution >= 0.6 is 0 Å². The van der Waals surface area contributed by atoms with Crippen LogP contribution in [0.1, 0.15) is 12.1 Å². The van der Waals surface area contributed by atoms with E-state index in [1.807, 2.05) is 31.2 Å². The standard InChI is InChI=1S/C18H21N3O3/c1-12-8-13(4-6-19-12)20-17-5-7-21(18(17)22)14-9-15(23-2)11-16(10-14)24-3/h4,6,8-11,17H,5,7H2,1-3H3,(H,19,20). The first-order chi connectivity index (χ1) is 11.6. The monoisotopic (exact) mass is 327 g/mol. The summed E-state index contributed by atoms with van der Waals surface area (Å²) in [4.78, 5) is 18.7. The van der Waals surface area contributed by atoms with Crippen LogP contribution in [0, 0.1) is 6.92 Å². The molecule has 0 bridgehead atoms. The number of nitrogens with one attached hydrogen (secondary N) is 1. The van der Waals surface area contributed by atoms with Crippen molar-refractivity contribution in [1.29, 1.82) is 0 Å². The molecule has 1 amide bonds. The Bertz CT molecular complexity index is 726. The van der Waals surface area contributed by atoms with Gasteiger partial charge in [0.25, 0.3) is 0 Å². The molecule has 126 valence electrons. The smallest absolute Gasteiger partial charge is 0.249 e. The normalized spacial score (nSPS) is 17.0. The van der Waals surface area contributed by atoms with Gasteiger partial charge in [0.05, 0.1) is 19.9 Å². The molecule has 0 saturated carbocycles. The summed E-state index contributed by atoms with van der Waals surface area (Å²) in [7, 11) is 3.20. The van der Waals surface area contributed by atoms with Crippen LogP contribution in [0.15, 0.2) is 36.5 Å². The van der Waals surface area contributed by atoms with Crippen LogP contribution in [-0.2, 0) is 4.79 Å². The average Bonchev–Trinajstić information content (AvgIpc) is 2.95. The molecule has 24 heavy (non-hydrogen) atoms. The first kappa shape index (κ1) is 16.1. The number of hydrogen-bond acceptors (Lipinski definition) is 5. The van der Waals surface area contributed by atoms with E-state index in [4.69, 9.17) is 9.47 Å². The highest BCUT2D eigenvalue weighted by Crippen LogP contribution is 2.31. The Morgan fingerprint density at radius 3 is 2.50 bits per heavy atom. The molecule has 1 aliphatic rings. The molecule has 2 aromatic rings. The highest BCUT2D eigenvalue weighted by molar-refractivity contribution is 6.01. The number of nitrogens with zero attached hydrogens (tertiary/aromatic N) is 2. The summed E-state index contributed by atoms with van der Waals surface area (Å²) in [6.45, 7) is 2.58. The molecule has 2 heterocycles. The first-order valence-electron chi connectivity index (χ1n) is 7.84. The molecule has 1 unspecified atom stereocenters. The van der Waals surface area contributed by atoms with E-state index in [9.17, 15) is 4.79 Å². The zero-order valence-electron chi connectivity index (χ0n) is 14.1. The van der Waals surface area contributed by atoms with E-state index in [0.717, 1.165) is 23.5 Å². The molecule has 1 fully saturated rings. The third kappa shape index (κ3) is 3.27. The Kier molecular flexibility index (Phi) is 4.55. The molecular weight excluding hydrogens is 306 g/mol. The van der Waals surface area contributed by atoms with E-state index < -0.39 is 0 Å². The van der Waals surface area contributed by atoms with Gasteiger partial charge in [0, 0.05) is 42.3 Å². The molecule has 1 N–H and O–H groups in total. The lowest BCUT2D eigenvalue weighted by atomic mass is 10.2. The van der Waals surface area contributed by atoms with Crippen LogP contribution in [-0.4, -0.2) is 37.7 Å². The van der Waals surface area contributed by atoms with Gasteiger partial charge in [0.2, 0.25) is 5.91 Å². The Morgan fingerprint density at radius 2 is 1.88 bits per heavy atom. The minimum atomic E-state index is -0.246. The fourth-order valence-electron chi connectivity index (χ4n) is 2.86. The number of anilines is 2. The molecule has 1 aromatic carbocycles. The van der Waals surface area contributed by atoms with Gasteiger partial charge in [-0.05, 0) is 25.5 Å². The largest absolute Gasteiger partial charge is 0.497 e. The zero-order chi connectivity index (χ0) is 17.1. The predicted octanol–water partition coefficient (Wildman–Crippen LogP) is 2.62. The van der Waals surface area contributed by atoms with Gasteiger partial charge in [-0.25, -0.2) is 0 Å². The number of methoxy groups -OCH3 is 2. The molecule has 1 aromatic heterocycles. The number of carbonyl (C=O) groups is 1. The number of pyridine rings is 1. The number of benzene rings is 1. The van der Waals surface area contributed by atoms with Crippen LogP contribution in [0.5, 0.6) is 11.5 Å². The zero-order valence-corrected chi connectivity index (χ0v) is 14.1. The van der Waals surface area contributed by atoms with E-state index in [0.29, 0.717) is 18.0 Å². The quantitative estimate of drug-likeness (QED) is 0.914.